The number of benzene rings is 2. The highest BCUT2D eigenvalue weighted by Gasteiger charge is 2.12. The van der Waals surface area contributed by atoms with E-state index in [-0.39, 0.29) is 11.7 Å². The van der Waals surface area contributed by atoms with Crippen molar-refractivity contribution in [3.05, 3.63) is 64.4 Å². The first-order chi connectivity index (χ1) is 9.75. The zero-order chi connectivity index (χ0) is 13.9. The number of hydrogen-bond donors (Lipinski definition) is 1. The van der Waals surface area contributed by atoms with E-state index in [4.69, 9.17) is 0 Å². The summed E-state index contributed by atoms with van der Waals surface area (Å²) in [5, 5.41) is 3.90. The molecule has 0 saturated carbocycles. The lowest BCUT2D eigenvalue weighted by atomic mass is 10.0. The molecule has 20 heavy (non-hydrogen) atoms. The molecule has 0 saturated heterocycles. The molecule has 0 aliphatic rings. The van der Waals surface area contributed by atoms with Gasteiger partial charge in [0, 0.05) is 22.0 Å². The molecule has 0 aliphatic heterocycles. The maximum Gasteiger partial charge on any atom is 0.252 e. The van der Waals surface area contributed by atoms with Crippen LogP contribution in [0.25, 0.3) is 10.8 Å². The Labute approximate surface area is 119 Å². The van der Waals surface area contributed by atoms with Crippen LogP contribution in [-0.4, -0.2) is 10.9 Å². The van der Waals surface area contributed by atoms with E-state index in [0.29, 0.717) is 22.9 Å². The fourth-order valence-electron chi connectivity index (χ4n) is 2.05. The number of nitrogens with zero attached hydrogens (tertiary/aromatic N) is 1. The van der Waals surface area contributed by atoms with E-state index in [1.807, 2.05) is 0 Å². The number of thiazole rings is 1. The monoisotopic (exact) mass is 286 g/mol. The van der Waals surface area contributed by atoms with E-state index >= 15 is 0 Å². The number of carbonyl (C=O) groups excluding carboxylic acids is 1. The van der Waals surface area contributed by atoms with Crippen molar-refractivity contribution in [2.24, 2.45) is 0 Å². The first-order valence-electron chi connectivity index (χ1n) is 6.08. The Balaban J connectivity index is 1.90. The minimum Gasteiger partial charge on any atom is -0.347 e. The van der Waals surface area contributed by atoms with Crippen LogP contribution in [0.4, 0.5) is 4.39 Å². The van der Waals surface area contributed by atoms with E-state index in [1.54, 1.807) is 36.0 Å². The Morgan fingerprint density at radius 2 is 2.00 bits per heavy atom. The van der Waals surface area contributed by atoms with Crippen LogP contribution in [0.3, 0.4) is 0 Å². The van der Waals surface area contributed by atoms with Gasteiger partial charge in [-0.15, -0.1) is 11.3 Å². The van der Waals surface area contributed by atoms with Crippen molar-refractivity contribution in [3.63, 3.8) is 0 Å². The van der Waals surface area contributed by atoms with Gasteiger partial charge in [0.15, 0.2) is 0 Å². The van der Waals surface area contributed by atoms with Crippen molar-refractivity contribution in [2.45, 2.75) is 6.54 Å². The number of fused-ring (bicyclic) bond motifs is 1. The molecule has 100 valence electrons. The molecule has 1 heterocycles. The Morgan fingerprint density at radius 3 is 2.75 bits per heavy atom. The average molecular weight is 286 g/mol. The highest BCUT2D eigenvalue weighted by atomic mass is 32.1. The van der Waals surface area contributed by atoms with Crippen LogP contribution in [0.2, 0.25) is 0 Å². The second-order valence-electron chi connectivity index (χ2n) is 4.29. The second-order valence-corrected chi connectivity index (χ2v) is 5.26. The standard InChI is InChI=1S/C15H11FN2OS/c16-14-6-5-13(11-3-1-2-4-12(11)14)15(19)18-8-10-7-17-9-20-10/h1-7,9H,8H2,(H,18,19). The van der Waals surface area contributed by atoms with Gasteiger partial charge in [0.2, 0.25) is 0 Å². The zero-order valence-electron chi connectivity index (χ0n) is 10.5. The summed E-state index contributed by atoms with van der Waals surface area (Å²) in [6.07, 6.45) is 1.72. The number of carbonyl (C=O) groups is 1. The van der Waals surface area contributed by atoms with Crippen molar-refractivity contribution in [3.8, 4) is 0 Å². The number of nitrogens with one attached hydrogen (secondary N) is 1. The van der Waals surface area contributed by atoms with Gasteiger partial charge in [0.1, 0.15) is 5.82 Å². The van der Waals surface area contributed by atoms with E-state index < -0.39 is 0 Å². The topological polar surface area (TPSA) is 42.0 Å². The van der Waals surface area contributed by atoms with Crippen LogP contribution in [0, 0.1) is 5.82 Å². The van der Waals surface area contributed by atoms with Gasteiger partial charge in [-0.3, -0.25) is 9.78 Å². The Bertz CT molecular complexity index is 756. The molecule has 1 aromatic heterocycles. The van der Waals surface area contributed by atoms with Gasteiger partial charge in [-0.2, -0.15) is 0 Å². The number of aromatic nitrogens is 1. The summed E-state index contributed by atoms with van der Waals surface area (Å²) in [5.74, 6) is -0.533. The van der Waals surface area contributed by atoms with Gasteiger partial charge < -0.3 is 5.32 Å². The SMILES string of the molecule is O=C(NCc1cncs1)c1ccc(F)c2ccccc12. The average Bonchev–Trinajstić information content (AvgIpc) is 2.99. The first kappa shape index (κ1) is 12.7. The van der Waals surface area contributed by atoms with Gasteiger partial charge in [0.05, 0.1) is 12.1 Å². The summed E-state index contributed by atoms with van der Waals surface area (Å²) in [4.78, 5) is 17.1. The molecule has 3 nitrogen and oxygen atoms in total. The molecule has 0 atom stereocenters. The van der Waals surface area contributed by atoms with Crippen LogP contribution in [0.5, 0.6) is 0 Å². The highest BCUT2D eigenvalue weighted by Crippen LogP contribution is 2.21. The molecule has 0 bridgehead atoms. The van der Waals surface area contributed by atoms with Gasteiger partial charge in [0.25, 0.3) is 5.91 Å². The van der Waals surface area contributed by atoms with E-state index in [2.05, 4.69) is 10.3 Å². The number of hydrogen-bond acceptors (Lipinski definition) is 3. The molecular weight excluding hydrogens is 275 g/mol. The third-order valence-electron chi connectivity index (χ3n) is 3.02. The summed E-state index contributed by atoms with van der Waals surface area (Å²) >= 11 is 1.48. The predicted molar refractivity (Wildman–Crippen MR) is 77.2 cm³/mol. The third kappa shape index (κ3) is 2.40. The molecule has 0 unspecified atom stereocenters. The zero-order valence-corrected chi connectivity index (χ0v) is 11.3. The van der Waals surface area contributed by atoms with Crippen LogP contribution in [0.15, 0.2) is 48.1 Å². The highest BCUT2D eigenvalue weighted by molar-refractivity contribution is 7.09. The molecule has 0 spiro atoms. The second kappa shape index (κ2) is 5.38. The maximum atomic E-state index is 13.7. The van der Waals surface area contributed by atoms with E-state index in [0.717, 1.165) is 4.88 Å². The Kier molecular flexibility index (Phi) is 3.43. The Hall–Kier alpha value is -2.27. The number of rotatable bonds is 3. The normalized spacial score (nSPS) is 10.7. The molecule has 0 fully saturated rings. The lowest BCUT2D eigenvalue weighted by molar-refractivity contribution is 0.0953. The molecule has 1 amide bonds. The molecule has 3 rings (SSSR count). The maximum absolute atomic E-state index is 13.7. The molecule has 2 aromatic carbocycles. The summed E-state index contributed by atoms with van der Waals surface area (Å²) in [5.41, 5.74) is 2.20. The van der Waals surface area contributed by atoms with Gasteiger partial charge in [-0.1, -0.05) is 24.3 Å². The summed E-state index contributed by atoms with van der Waals surface area (Å²) in [6, 6.07) is 9.81. The fraction of sp³-hybridized carbons (Fsp3) is 0.0667. The summed E-state index contributed by atoms with van der Waals surface area (Å²) in [7, 11) is 0. The van der Waals surface area contributed by atoms with Crippen molar-refractivity contribution < 1.29 is 9.18 Å². The van der Waals surface area contributed by atoms with Crippen LogP contribution in [0.1, 0.15) is 15.2 Å². The quantitative estimate of drug-likeness (QED) is 0.802. The first-order valence-corrected chi connectivity index (χ1v) is 6.96. The minimum absolute atomic E-state index is 0.213. The molecule has 1 N–H and O–H groups in total. The van der Waals surface area contributed by atoms with Crippen molar-refractivity contribution >= 4 is 28.0 Å². The summed E-state index contributed by atoms with van der Waals surface area (Å²) < 4.78 is 13.7. The van der Waals surface area contributed by atoms with Gasteiger partial charge in [-0.25, -0.2) is 4.39 Å². The van der Waals surface area contributed by atoms with Gasteiger partial charge >= 0.3 is 0 Å². The minimum atomic E-state index is -0.320. The van der Waals surface area contributed by atoms with Gasteiger partial charge in [-0.05, 0) is 17.5 Å². The molecule has 3 aromatic rings. The Morgan fingerprint density at radius 1 is 1.20 bits per heavy atom. The van der Waals surface area contributed by atoms with Crippen LogP contribution in [-0.2, 0) is 6.54 Å². The smallest absolute Gasteiger partial charge is 0.252 e. The predicted octanol–water partition coefficient (Wildman–Crippen LogP) is 3.37. The number of halogens is 1. The largest absolute Gasteiger partial charge is 0.347 e. The van der Waals surface area contributed by atoms with Crippen molar-refractivity contribution in [1.82, 2.24) is 10.3 Å². The molecule has 0 aliphatic carbocycles. The lowest BCUT2D eigenvalue weighted by Gasteiger charge is -2.08. The molecule has 5 heteroatoms. The summed E-state index contributed by atoms with van der Waals surface area (Å²) in [6.45, 7) is 0.426. The lowest BCUT2D eigenvalue weighted by Crippen LogP contribution is -2.22. The van der Waals surface area contributed by atoms with Crippen LogP contribution < -0.4 is 5.32 Å². The third-order valence-corrected chi connectivity index (χ3v) is 3.80. The van der Waals surface area contributed by atoms with Crippen molar-refractivity contribution in [1.29, 1.82) is 0 Å². The molecular formula is C15H11FN2OS. The fourth-order valence-corrected chi connectivity index (χ4v) is 2.59. The molecule has 0 radical (unpaired) electrons. The van der Waals surface area contributed by atoms with E-state index in [1.165, 1.54) is 23.5 Å². The van der Waals surface area contributed by atoms with Crippen LogP contribution >= 0.6 is 11.3 Å². The van der Waals surface area contributed by atoms with Crippen molar-refractivity contribution in [2.75, 3.05) is 0 Å². The van der Waals surface area contributed by atoms with E-state index in [9.17, 15) is 9.18 Å². The number of amides is 1.